The Hall–Kier alpha value is -6.09. The first kappa shape index (κ1) is 40.1. The number of pyridine rings is 2. The van der Waals surface area contributed by atoms with Crippen LogP contribution in [0.4, 0.5) is 18.9 Å². The molecule has 2 fully saturated rings. The molecular weight excluding hydrogens is 752 g/mol. The van der Waals surface area contributed by atoms with Crippen molar-refractivity contribution < 1.29 is 37.1 Å². The number of hydrogen-bond donors (Lipinski definition) is 3. The average Bonchev–Trinajstić information content (AvgIpc) is 3.61. The SMILES string of the molecule is CC(C)Oc1cc2nc([C@H](Cc3ccccc3)NC(=O)CN3CCC(c4ccc(C5CCC(=O)NC5=O)cc4)CC3)cn2cc1NC(=O)c1cccc(C(F)(F)F)n1. The summed E-state index contributed by atoms with van der Waals surface area (Å²) in [6.07, 6.45) is 1.34. The number of aromatic nitrogens is 3. The van der Waals surface area contributed by atoms with Crippen LogP contribution in [0.1, 0.15) is 96.0 Å². The second-order valence-corrected chi connectivity index (χ2v) is 15.0. The molecule has 2 saturated heterocycles. The van der Waals surface area contributed by atoms with Crippen LogP contribution in [0.5, 0.6) is 5.75 Å². The molecule has 0 bridgehead atoms. The van der Waals surface area contributed by atoms with E-state index in [1.54, 1.807) is 36.7 Å². The molecule has 0 radical (unpaired) electrons. The van der Waals surface area contributed by atoms with Gasteiger partial charge < -0.3 is 19.8 Å². The Morgan fingerprint density at radius 1 is 0.914 bits per heavy atom. The van der Waals surface area contributed by atoms with Gasteiger partial charge in [-0.05, 0) is 87.4 Å². The van der Waals surface area contributed by atoms with Crippen LogP contribution in [0.2, 0.25) is 0 Å². The van der Waals surface area contributed by atoms with Gasteiger partial charge in [-0.25, -0.2) is 9.97 Å². The number of carbonyl (C=O) groups is 4. The number of alkyl halides is 3. The van der Waals surface area contributed by atoms with Crippen molar-refractivity contribution in [1.29, 1.82) is 0 Å². The van der Waals surface area contributed by atoms with E-state index in [1.165, 1.54) is 11.6 Å². The van der Waals surface area contributed by atoms with Crippen molar-refractivity contribution in [2.75, 3.05) is 25.0 Å². The van der Waals surface area contributed by atoms with Crippen molar-refractivity contribution in [3.63, 3.8) is 0 Å². The van der Waals surface area contributed by atoms with Gasteiger partial charge in [0.25, 0.3) is 5.91 Å². The number of piperidine rings is 2. The van der Waals surface area contributed by atoms with Crippen LogP contribution < -0.4 is 20.7 Å². The minimum absolute atomic E-state index is 0.157. The first-order valence-corrected chi connectivity index (χ1v) is 19.3. The summed E-state index contributed by atoms with van der Waals surface area (Å²) in [5.41, 5.74) is 2.72. The first-order valence-electron chi connectivity index (χ1n) is 19.3. The predicted octanol–water partition coefficient (Wildman–Crippen LogP) is 6.59. The van der Waals surface area contributed by atoms with Crippen LogP contribution in [0.25, 0.3) is 5.65 Å². The monoisotopic (exact) mass is 795 g/mol. The molecule has 302 valence electrons. The number of nitrogens with zero attached hydrogens (tertiary/aromatic N) is 4. The van der Waals surface area contributed by atoms with E-state index in [4.69, 9.17) is 9.72 Å². The maximum absolute atomic E-state index is 13.7. The summed E-state index contributed by atoms with van der Waals surface area (Å²) in [4.78, 5) is 61.2. The van der Waals surface area contributed by atoms with E-state index in [-0.39, 0.29) is 47.7 Å². The van der Waals surface area contributed by atoms with E-state index in [9.17, 15) is 32.3 Å². The fraction of sp³-hybridized carbons (Fsp3) is 0.349. The number of halogens is 3. The standard InChI is InChI=1S/C43H44F3N7O5/c1-26(2)58-36-22-38-48-34(23-53(38)24-35(36)50-42(57)32-9-6-10-37(47-32)43(44,45)46)33(21-27-7-4-3-5-8-27)49-40(55)25-52-19-17-29(18-20-52)28-11-13-30(14-12-28)31-15-16-39(54)51-41(31)56/h3-14,22-24,26,29,31,33H,15-21,25H2,1-2H3,(H,49,55)(H,50,57)(H,51,54,56)/t31?,33-/m0/s1. The second-order valence-electron chi connectivity index (χ2n) is 15.0. The van der Waals surface area contributed by atoms with E-state index in [0.717, 1.165) is 49.2 Å². The molecule has 3 aromatic heterocycles. The molecule has 58 heavy (non-hydrogen) atoms. The molecule has 0 aliphatic carbocycles. The molecule has 5 heterocycles. The molecule has 1 unspecified atom stereocenters. The van der Waals surface area contributed by atoms with E-state index >= 15 is 0 Å². The Balaban J connectivity index is 1.04. The molecule has 0 spiro atoms. The summed E-state index contributed by atoms with van der Waals surface area (Å²) in [6, 6.07) is 22.0. The number of imide groups is 1. The average molecular weight is 796 g/mol. The molecule has 12 nitrogen and oxygen atoms in total. The lowest BCUT2D eigenvalue weighted by Crippen LogP contribution is -2.42. The fourth-order valence-electron chi connectivity index (χ4n) is 7.51. The number of carbonyl (C=O) groups excluding carboxylic acids is 4. The number of anilines is 1. The van der Waals surface area contributed by atoms with Crippen LogP contribution >= 0.6 is 0 Å². The summed E-state index contributed by atoms with van der Waals surface area (Å²) in [5, 5.41) is 8.27. The molecule has 2 aliphatic rings. The number of fused-ring (bicyclic) bond motifs is 1. The van der Waals surface area contributed by atoms with Gasteiger partial charge in [-0.2, -0.15) is 13.2 Å². The van der Waals surface area contributed by atoms with Gasteiger partial charge in [0, 0.05) is 24.9 Å². The molecule has 7 rings (SSSR count). The largest absolute Gasteiger partial charge is 0.489 e. The van der Waals surface area contributed by atoms with Gasteiger partial charge in [0.2, 0.25) is 17.7 Å². The first-order chi connectivity index (χ1) is 27.8. The van der Waals surface area contributed by atoms with E-state index in [2.05, 4.69) is 38.0 Å². The highest BCUT2D eigenvalue weighted by Crippen LogP contribution is 2.33. The lowest BCUT2D eigenvalue weighted by atomic mass is 9.86. The van der Waals surface area contributed by atoms with Gasteiger partial charge in [0.15, 0.2) is 0 Å². The minimum Gasteiger partial charge on any atom is -0.489 e. The normalized spacial score (nSPS) is 17.2. The molecule has 2 aromatic carbocycles. The third-order valence-corrected chi connectivity index (χ3v) is 10.4. The topological polar surface area (TPSA) is 147 Å². The van der Waals surface area contributed by atoms with E-state index in [1.807, 2.05) is 42.5 Å². The Bertz CT molecular complexity index is 2290. The number of likely N-dealkylation sites (tertiary alicyclic amines) is 1. The summed E-state index contributed by atoms with van der Waals surface area (Å²) in [7, 11) is 0. The number of benzene rings is 2. The van der Waals surface area contributed by atoms with Crippen LogP contribution in [0.3, 0.4) is 0 Å². The van der Waals surface area contributed by atoms with Gasteiger partial charge >= 0.3 is 6.18 Å². The zero-order valence-electron chi connectivity index (χ0n) is 32.1. The molecule has 3 N–H and O–H groups in total. The molecular formula is C43H44F3N7O5. The van der Waals surface area contributed by atoms with Crippen LogP contribution in [0, 0.1) is 0 Å². The molecule has 5 aromatic rings. The van der Waals surface area contributed by atoms with Crippen molar-refractivity contribution in [2.45, 2.75) is 76.1 Å². The summed E-state index contributed by atoms with van der Waals surface area (Å²) < 4.78 is 47.6. The van der Waals surface area contributed by atoms with Crippen LogP contribution in [-0.4, -0.2) is 68.6 Å². The predicted molar refractivity (Wildman–Crippen MR) is 209 cm³/mol. The van der Waals surface area contributed by atoms with E-state index in [0.29, 0.717) is 36.5 Å². The maximum atomic E-state index is 13.7. The Morgan fingerprint density at radius 3 is 2.33 bits per heavy atom. The maximum Gasteiger partial charge on any atom is 0.433 e. The molecule has 2 atom stereocenters. The molecule has 0 saturated carbocycles. The van der Waals surface area contributed by atoms with Gasteiger partial charge in [0.1, 0.15) is 28.5 Å². The highest BCUT2D eigenvalue weighted by Gasteiger charge is 2.33. The minimum atomic E-state index is -4.71. The van der Waals surface area contributed by atoms with Crippen LogP contribution in [0.15, 0.2) is 91.3 Å². The van der Waals surface area contributed by atoms with Crippen molar-refractivity contribution in [3.05, 3.63) is 125 Å². The van der Waals surface area contributed by atoms with Crippen molar-refractivity contribution >= 4 is 35.0 Å². The number of ether oxygens (including phenoxy) is 1. The quantitative estimate of drug-likeness (QED) is 0.120. The lowest BCUT2D eigenvalue weighted by molar-refractivity contribution is -0.141. The summed E-state index contributed by atoms with van der Waals surface area (Å²) >= 11 is 0. The zero-order valence-corrected chi connectivity index (χ0v) is 32.1. The summed E-state index contributed by atoms with van der Waals surface area (Å²) in [5.74, 6) is -1.22. The van der Waals surface area contributed by atoms with E-state index < -0.39 is 29.5 Å². The van der Waals surface area contributed by atoms with Gasteiger partial charge in [-0.15, -0.1) is 0 Å². The number of imidazole rings is 1. The number of hydrogen-bond acceptors (Lipinski definition) is 8. The molecule has 2 aliphatic heterocycles. The molecule has 15 heteroatoms. The number of nitrogens with one attached hydrogen (secondary N) is 3. The number of rotatable bonds is 12. The van der Waals surface area contributed by atoms with Crippen LogP contribution in [-0.2, 0) is 27.0 Å². The zero-order chi connectivity index (χ0) is 41.0. The number of amides is 4. The van der Waals surface area contributed by atoms with Crippen molar-refractivity contribution in [2.24, 2.45) is 0 Å². The van der Waals surface area contributed by atoms with Gasteiger partial charge in [-0.1, -0.05) is 60.7 Å². The Kier molecular flexibility index (Phi) is 11.9. The summed E-state index contributed by atoms with van der Waals surface area (Å²) in [6.45, 7) is 5.27. The highest BCUT2D eigenvalue weighted by molar-refractivity contribution is 6.04. The molecule has 4 amide bonds. The lowest BCUT2D eigenvalue weighted by Gasteiger charge is -2.32. The second kappa shape index (κ2) is 17.2. The van der Waals surface area contributed by atoms with Crippen molar-refractivity contribution in [1.82, 2.24) is 29.9 Å². The highest BCUT2D eigenvalue weighted by atomic mass is 19.4. The fourth-order valence-corrected chi connectivity index (χ4v) is 7.51. The van der Waals surface area contributed by atoms with Gasteiger partial charge in [0.05, 0.1) is 30.3 Å². The Labute approximate surface area is 333 Å². The van der Waals surface area contributed by atoms with Gasteiger partial charge in [-0.3, -0.25) is 29.4 Å². The Morgan fingerprint density at radius 2 is 1.64 bits per heavy atom. The smallest absolute Gasteiger partial charge is 0.433 e. The third kappa shape index (κ3) is 9.71. The van der Waals surface area contributed by atoms with Crippen molar-refractivity contribution in [3.8, 4) is 5.75 Å². The third-order valence-electron chi connectivity index (χ3n) is 10.4.